The van der Waals surface area contributed by atoms with Crippen molar-refractivity contribution in [1.82, 2.24) is 10.2 Å². The number of rotatable bonds is 8. The quantitative estimate of drug-likeness (QED) is 0.780. The molecule has 1 aromatic rings. The molecular formula is C16H27ClN2. The molecule has 1 atom stereocenters. The van der Waals surface area contributed by atoms with E-state index in [1.165, 1.54) is 18.4 Å². The highest BCUT2D eigenvalue weighted by atomic mass is 35.5. The van der Waals surface area contributed by atoms with Gasteiger partial charge in [0.05, 0.1) is 0 Å². The molecule has 0 spiro atoms. The van der Waals surface area contributed by atoms with E-state index < -0.39 is 0 Å². The van der Waals surface area contributed by atoms with Crippen LogP contribution >= 0.6 is 11.6 Å². The third-order valence-corrected chi connectivity index (χ3v) is 3.73. The van der Waals surface area contributed by atoms with E-state index in [9.17, 15) is 0 Å². The molecular weight excluding hydrogens is 256 g/mol. The van der Waals surface area contributed by atoms with E-state index >= 15 is 0 Å². The van der Waals surface area contributed by atoms with Crippen LogP contribution in [0.25, 0.3) is 0 Å². The average molecular weight is 283 g/mol. The summed E-state index contributed by atoms with van der Waals surface area (Å²) in [6.45, 7) is 7.76. The lowest BCUT2D eigenvalue weighted by atomic mass is 9.85. The maximum Gasteiger partial charge on any atom is 0.0406 e. The number of benzene rings is 1. The first-order valence-electron chi connectivity index (χ1n) is 7.06. The summed E-state index contributed by atoms with van der Waals surface area (Å²) in [5, 5.41) is 4.13. The van der Waals surface area contributed by atoms with E-state index in [0.717, 1.165) is 24.7 Å². The van der Waals surface area contributed by atoms with Crippen LogP contribution in [0, 0.1) is 5.41 Å². The lowest BCUT2D eigenvalue weighted by molar-refractivity contribution is 0.171. The van der Waals surface area contributed by atoms with Gasteiger partial charge in [0.1, 0.15) is 0 Å². The van der Waals surface area contributed by atoms with E-state index in [1.54, 1.807) is 0 Å². The zero-order chi connectivity index (χ0) is 14.3. The second-order valence-electron chi connectivity index (χ2n) is 5.89. The SMILES string of the molecule is CCCC(C)(CNC)CN(C)Cc1ccc(Cl)cc1. The Morgan fingerprint density at radius 3 is 2.42 bits per heavy atom. The van der Waals surface area contributed by atoms with Crippen molar-refractivity contribution >= 4 is 11.6 Å². The van der Waals surface area contributed by atoms with Crippen molar-refractivity contribution in [2.24, 2.45) is 5.41 Å². The van der Waals surface area contributed by atoms with Gasteiger partial charge in [-0.25, -0.2) is 0 Å². The van der Waals surface area contributed by atoms with Crippen LogP contribution in [-0.4, -0.2) is 32.1 Å². The first kappa shape index (κ1) is 16.5. The smallest absolute Gasteiger partial charge is 0.0406 e. The van der Waals surface area contributed by atoms with Crippen molar-refractivity contribution < 1.29 is 0 Å². The Balaban J connectivity index is 2.56. The van der Waals surface area contributed by atoms with E-state index in [2.05, 4.69) is 43.2 Å². The van der Waals surface area contributed by atoms with E-state index in [4.69, 9.17) is 11.6 Å². The highest BCUT2D eigenvalue weighted by molar-refractivity contribution is 6.30. The number of hydrogen-bond acceptors (Lipinski definition) is 2. The fourth-order valence-electron chi connectivity index (χ4n) is 2.86. The van der Waals surface area contributed by atoms with E-state index in [0.29, 0.717) is 5.41 Å². The van der Waals surface area contributed by atoms with Gasteiger partial charge in [0.15, 0.2) is 0 Å². The number of nitrogens with zero attached hydrogens (tertiary/aromatic N) is 1. The van der Waals surface area contributed by atoms with Crippen LogP contribution in [-0.2, 0) is 6.54 Å². The Kier molecular flexibility index (Phi) is 6.84. The molecule has 0 amide bonds. The molecule has 0 saturated carbocycles. The Morgan fingerprint density at radius 1 is 1.26 bits per heavy atom. The first-order chi connectivity index (χ1) is 8.99. The number of hydrogen-bond donors (Lipinski definition) is 1. The van der Waals surface area contributed by atoms with Crippen molar-refractivity contribution in [2.45, 2.75) is 33.2 Å². The molecule has 1 rings (SSSR count). The molecule has 0 bridgehead atoms. The molecule has 0 radical (unpaired) electrons. The molecule has 19 heavy (non-hydrogen) atoms. The molecule has 0 fully saturated rings. The highest BCUT2D eigenvalue weighted by Gasteiger charge is 2.24. The molecule has 0 aliphatic rings. The summed E-state index contributed by atoms with van der Waals surface area (Å²) in [4.78, 5) is 2.40. The lowest BCUT2D eigenvalue weighted by Crippen LogP contribution is -2.39. The minimum Gasteiger partial charge on any atom is -0.319 e. The van der Waals surface area contributed by atoms with Crippen LogP contribution in [0.4, 0.5) is 0 Å². The van der Waals surface area contributed by atoms with Gasteiger partial charge in [-0.15, -0.1) is 0 Å². The fourth-order valence-corrected chi connectivity index (χ4v) is 2.99. The Hall–Kier alpha value is -0.570. The summed E-state index contributed by atoms with van der Waals surface area (Å²) in [6.07, 6.45) is 2.48. The molecule has 108 valence electrons. The normalized spacial score (nSPS) is 14.6. The van der Waals surface area contributed by atoms with E-state index in [1.807, 2.05) is 19.2 Å². The van der Waals surface area contributed by atoms with Gasteiger partial charge in [-0.05, 0) is 43.6 Å². The number of nitrogens with one attached hydrogen (secondary N) is 1. The Bertz CT molecular complexity index is 356. The third-order valence-electron chi connectivity index (χ3n) is 3.47. The van der Waals surface area contributed by atoms with Crippen molar-refractivity contribution in [3.05, 3.63) is 34.9 Å². The van der Waals surface area contributed by atoms with Gasteiger partial charge in [0.2, 0.25) is 0 Å². The average Bonchev–Trinajstić information content (AvgIpc) is 2.32. The van der Waals surface area contributed by atoms with Crippen molar-refractivity contribution in [3.63, 3.8) is 0 Å². The van der Waals surface area contributed by atoms with E-state index in [-0.39, 0.29) is 0 Å². The van der Waals surface area contributed by atoms with Crippen LogP contribution in [0.5, 0.6) is 0 Å². The molecule has 0 aliphatic carbocycles. The second kappa shape index (κ2) is 7.88. The lowest BCUT2D eigenvalue weighted by Gasteiger charge is -2.33. The number of halogens is 1. The molecule has 0 aliphatic heterocycles. The van der Waals surface area contributed by atoms with Crippen molar-refractivity contribution in [3.8, 4) is 0 Å². The highest BCUT2D eigenvalue weighted by Crippen LogP contribution is 2.24. The maximum absolute atomic E-state index is 5.92. The summed E-state index contributed by atoms with van der Waals surface area (Å²) in [7, 11) is 4.23. The monoisotopic (exact) mass is 282 g/mol. The van der Waals surface area contributed by atoms with Gasteiger partial charge < -0.3 is 10.2 Å². The zero-order valence-corrected chi connectivity index (χ0v) is 13.4. The summed E-state index contributed by atoms with van der Waals surface area (Å²) < 4.78 is 0. The van der Waals surface area contributed by atoms with Crippen LogP contribution in [0.1, 0.15) is 32.3 Å². The standard InChI is InChI=1S/C16H27ClN2/c1-5-10-16(2,12-18-3)13-19(4)11-14-6-8-15(17)9-7-14/h6-9,18H,5,10-13H2,1-4H3. The van der Waals surface area contributed by atoms with Gasteiger partial charge in [0.25, 0.3) is 0 Å². The summed E-state index contributed by atoms with van der Waals surface area (Å²) in [6, 6.07) is 8.13. The van der Waals surface area contributed by atoms with Crippen LogP contribution in [0.15, 0.2) is 24.3 Å². The topological polar surface area (TPSA) is 15.3 Å². The van der Waals surface area contributed by atoms with Crippen molar-refractivity contribution in [2.75, 3.05) is 27.2 Å². The molecule has 1 N–H and O–H groups in total. The predicted octanol–water partition coefficient (Wildman–Crippen LogP) is 3.80. The van der Waals surface area contributed by atoms with Crippen LogP contribution in [0.2, 0.25) is 5.02 Å². The predicted molar refractivity (Wildman–Crippen MR) is 84.7 cm³/mol. The molecule has 0 aromatic heterocycles. The summed E-state index contributed by atoms with van der Waals surface area (Å²) in [5.74, 6) is 0. The zero-order valence-electron chi connectivity index (χ0n) is 12.7. The maximum atomic E-state index is 5.92. The summed E-state index contributed by atoms with van der Waals surface area (Å²) in [5.41, 5.74) is 1.65. The minimum absolute atomic E-state index is 0.338. The summed E-state index contributed by atoms with van der Waals surface area (Å²) >= 11 is 5.92. The minimum atomic E-state index is 0.338. The Labute approximate surface area is 123 Å². The van der Waals surface area contributed by atoms with Gasteiger partial charge in [-0.1, -0.05) is 44.0 Å². The second-order valence-corrected chi connectivity index (χ2v) is 6.33. The Morgan fingerprint density at radius 2 is 1.89 bits per heavy atom. The van der Waals surface area contributed by atoms with Gasteiger partial charge >= 0.3 is 0 Å². The molecule has 1 aromatic carbocycles. The largest absolute Gasteiger partial charge is 0.319 e. The molecule has 0 heterocycles. The first-order valence-corrected chi connectivity index (χ1v) is 7.44. The fraction of sp³-hybridized carbons (Fsp3) is 0.625. The molecule has 0 saturated heterocycles. The molecule has 3 heteroatoms. The van der Waals surface area contributed by atoms with Gasteiger partial charge in [0, 0.05) is 24.7 Å². The van der Waals surface area contributed by atoms with Crippen LogP contribution in [0.3, 0.4) is 0 Å². The molecule has 2 nitrogen and oxygen atoms in total. The van der Waals surface area contributed by atoms with Gasteiger partial charge in [-0.2, -0.15) is 0 Å². The van der Waals surface area contributed by atoms with Gasteiger partial charge in [-0.3, -0.25) is 0 Å². The third kappa shape index (κ3) is 5.94. The van der Waals surface area contributed by atoms with Crippen molar-refractivity contribution in [1.29, 1.82) is 0 Å². The van der Waals surface area contributed by atoms with Crippen LogP contribution < -0.4 is 5.32 Å². The molecule has 1 unspecified atom stereocenters.